The summed E-state index contributed by atoms with van der Waals surface area (Å²) >= 11 is 0. The molecule has 0 bridgehead atoms. The molecular formula is C21H28BO10. The maximum Gasteiger partial charge on any atom is 0.208 e. The molecule has 0 atom stereocenters. The van der Waals surface area contributed by atoms with E-state index in [2.05, 4.69) is 0 Å². The number of aromatic hydroxyl groups is 9. The van der Waals surface area contributed by atoms with Crippen LogP contribution in [0.5, 0.6) is 51.7 Å². The molecule has 0 aliphatic carbocycles. The zero-order chi connectivity index (χ0) is 25.1. The molecule has 2 rings (SSSR count). The van der Waals surface area contributed by atoms with Crippen LogP contribution >= 0.6 is 0 Å². The summed E-state index contributed by atoms with van der Waals surface area (Å²) in [5.41, 5.74) is -3.01. The SMILES string of the molecule is CC(C)(O)c1c(O)c(O)c(C(C)(C)[B]C(C)(C)c2c(O)c(O)c(O)c(O)c2O)c(O)c1O. The molecule has 1 radical (unpaired) electrons. The van der Waals surface area contributed by atoms with Crippen molar-refractivity contribution in [2.45, 2.75) is 57.8 Å². The molecule has 0 heterocycles. The predicted molar refractivity (Wildman–Crippen MR) is 115 cm³/mol. The summed E-state index contributed by atoms with van der Waals surface area (Å²) in [6, 6.07) is 0. The molecule has 2 aromatic carbocycles. The van der Waals surface area contributed by atoms with Crippen LogP contribution in [0.25, 0.3) is 0 Å². The number of aliphatic hydroxyl groups is 1. The first-order valence-corrected chi connectivity index (χ1v) is 9.56. The van der Waals surface area contributed by atoms with Crippen molar-refractivity contribution in [3.05, 3.63) is 16.7 Å². The zero-order valence-electron chi connectivity index (χ0n) is 18.5. The molecule has 2 aromatic rings. The van der Waals surface area contributed by atoms with E-state index in [1.54, 1.807) is 0 Å². The monoisotopic (exact) mass is 451 g/mol. The van der Waals surface area contributed by atoms with Gasteiger partial charge >= 0.3 is 0 Å². The van der Waals surface area contributed by atoms with E-state index in [0.717, 1.165) is 0 Å². The second-order valence-corrected chi connectivity index (χ2v) is 9.41. The Bertz CT molecular complexity index is 1030. The van der Waals surface area contributed by atoms with Crippen molar-refractivity contribution >= 4 is 7.28 Å². The molecule has 32 heavy (non-hydrogen) atoms. The smallest absolute Gasteiger partial charge is 0.208 e. The highest BCUT2D eigenvalue weighted by molar-refractivity contribution is 6.44. The number of benzene rings is 2. The average molecular weight is 451 g/mol. The van der Waals surface area contributed by atoms with Crippen molar-refractivity contribution < 1.29 is 51.1 Å². The number of hydrogen-bond donors (Lipinski definition) is 10. The van der Waals surface area contributed by atoms with Gasteiger partial charge in [0.1, 0.15) is 7.28 Å². The summed E-state index contributed by atoms with van der Waals surface area (Å²) < 4.78 is 0. The van der Waals surface area contributed by atoms with Gasteiger partial charge in [-0.3, -0.25) is 0 Å². The van der Waals surface area contributed by atoms with Gasteiger partial charge in [-0.25, -0.2) is 0 Å². The molecule has 0 saturated carbocycles. The van der Waals surface area contributed by atoms with Gasteiger partial charge < -0.3 is 51.1 Å². The van der Waals surface area contributed by atoms with Crippen LogP contribution in [0.15, 0.2) is 0 Å². The minimum absolute atomic E-state index is 0.334. The Morgan fingerprint density at radius 1 is 0.406 bits per heavy atom. The maximum absolute atomic E-state index is 10.6. The molecule has 10 nitrogen and oxygen atoms in total. The molecule has 0 aromatic heterocycles. The van der Waals surface area contributed by atoms with Gasteiger partial charge in [-0.15, -0.1) is 0 Å². The van der Waals surface area contributed by atoms with Crippen molar-refractivity contribution in [3.63, 3.8) is 0 Å². The van der Waals surface area contributed by atoms with Crippen LogP contribution in [-0.4, -0.2) is 58.3 Å². The van der Waals surface area contributed by atoms with Crippen LogP contribution in [0.1, 0.15) is 58.2 Å². The third kappa shape index (κ3) is 3.73. The number of rotatable bonds is 5. The molecule has 0 unspecified atom stereocenters. The van der Waals surface area contributed by atoms with E-state index in [4.69, 9.17) is 0 Å². The average Bonchev–Trinajstić information content (AvgIpc) is 2.61. The van der Waals surface area contributed by atoms with E-state index in [1.807, 2.05) is 0 Å². The zero-order valence-corrected chi connectivity index (χ0v) is 18.5. The first-order valence-electron chi connectivity index (χ1n) is 9.56. The van der Waals surface area contributed by atoms with Gasteiger partial charge in [0.2, 0.25) is 17.2 Å². The van der Waals surface area contributed by atoms with Crippen LogP contribution in [-0.2, 0) is 16.2 Å². The van der Waals surface area contributed by atoms with Crippen molar-refractivity contribution in [2.24, 2.45) is 0 Å². The summed E-state index contributed by atoms with van der Waals surface area (Å²) in [5, 5.41) is 99.5. The molecule has 11 heteroatoms. The second kappa shape index (κ2) is 7.37. The highest BCUT2D eigenvalue weighted by atomic mass is 16.4. The van der Waals surface area contributed by atoms with Crippen molar-refractivity contribution in [1.29, 1.82) is 0 Å². The minimum atomic E-state index is -1.81. The van der Waals surface area contributed by atoms with Crippen LogP contribution in [0.3, 0.4) is 0 Å². The first-order chi connectivity index (χ1) is 14.3. The normalized spacial score (nSPS) is 12.7. The summed E-state index contributed by atoms with van der Waals surface area (Å²) in [7, 11) is 1.39. The Balaban J connectivity index is 2.72. The van der Waals surface area contributed by atoms with Gasteiger partial charge in [-0.05, 0) is 24.5 Å². The Morgan fingerprint density at radius 3 is 0.906 bits per heavy atom. The molecule has 0 fully saturated rings. The third-order valence-electron chi connectivity index (χ3n) is 5.39. The fourth-order valence-electron chi connectivity index (χ4n) is 4.23. The van der Waals surface area contributed by atoms with Crippen molar-refractivity contribution in [2.75, 3.05) is 0 Å². The lowest BCUT2D eigenvalue weighted by molar-refractivity contribution is 0.0717. The van der Waals surface area contributed by atoms with Crippen LogP contribution in [0.2, 0.25) is 0 Å². The third-order valence-corrected chi connectivity index (χ3v) is 5.39. The largest absolute Gasteiger partial charge is 0.504 e. The highest BCUT2D eigenvalue weighted by Gasteiger charge is 2.43. The van der Waals surface area contributed by atoms with Crippen LogP contribution < -0.4 is 0 Å². The maximum atomic E-state index is 10.6. The summed E-state index contributed by atoms with van der Waals surface area (Å²) in [6.45, 7) is 8.32. The lowest BCUT2D eigenvalue weighted by Crippen LogP contribution is -2.40. The number of phenols is 9. The lowest BCUT2D eigenvalue weighted by atomic mass is 9.37. The van der Waals surface area contributed by atoms with E-state index in [9.17, 15) is 51.1 Å². The van der Waals surface area contributed by atoms with E-state index < -0.39 is 73.5 Å². The van der Waals surface area contributed by atoms with Crippen LogP contribution in [0.4, 0.5) is 0 Å². The standard InChI is InChI=1S/C21H28BO10/c1-19(2,7-10(23)14(27)9(21(5,6)32)15(28)11(7)24)22-20(3,4)8-12(25)16(29)18(31)17(30)13(8)26/h23-32H,1-6H3. The molecule has 0 saturated heterocycles. The van der Waals surface area contributed by atoms with Crippen LogP contribution in [0, 0.1) is 0 Å². The Kier molecular flexibility index (Phi) is 5.74. The summed E-state index contributed by atoms with van der Waals surface area (Å²) in [5.74, 6) is -8.42. The van der Waals surface area contributed by atoms with Crippen molar-refractivity contribution in [1.82, 2.24) is 0 Å². The molecular weight excluding hydrogens is 423 g/mol. The fourth-order valence-corrected chi connectivity index (χ4v) is 4.23. The van der Waals surface area contributed by atoms with E-state index in [1.165, 1.54) is 48.8 Å². The summed E-state index contributed by atoms with van der Waals surface area (Å²) in [6.07, 6.45) is 0. The van der Waals surface area contributed by atoms with Gasteiger partial charge in [0.25, 0.3) is 0 Å². The van der Waals surface area contributed by atoms with E-state index in [0.29, 0.717) is 0 Å². The van der Waals surface area contributed by atoms with Gasteiger partial charge in [0.15, 0.2) is 34.5 Å². The molecule has 0 amide bonds. The topological polar surface area (TPSA) is 202 Å². The van der Waals surface area contributed by atoms with Gasteiger partial charge in [0, 0.05) is 11.1 Å². The molecule has 0 spiro atoms. The molecule has 0 aliphatic heterocycles. The Morgan fingerprint density at radius 2 is 0.625 bits per heavy atom. The Labute approximate surface area is 185 Å². The predicted octanol–water partition coefficient (Wildman–Crippen LogP) is 2.14. The lowest BCUT2D eigenvalue weighted by Gasteiger charge is -2.37. The van der Waals surface area contributed by atoms with Gasteiger partial charge in [-0.2, -0.15) is 0 Å². The number of hydrogen-bond acceptors (Lipinski definition) is 10. The van der Waals surface area contributed by atoms with E-state index in [-0.39, 0.29) is 11.1 Å². The fraction of sp³-hybridized carbons (Fsp3) is 0.429. The summed E-state index contributed by atoms with van der Waals surface area (Å²) in [4.78, 5) is 0. The van der Waals surface area contributed by atoms with E-state index >= 15 is 0 Å². The first kappa shape index (κ1) is 24.9. The second-order valence-electron chi connectivity index (χ2n) is 9.41. The van der Waals surface area contributed by atoms with Gasteiger partial charge in [-0.1, -0.05) is 27.7 Å². The minimum Gasteiger partial charge on any atom is -0.504 e. The molecule has 10 N–H and O–H groups in total. The van der Waals surface area contributed by atoms with Gasteiger partial charge in [0.05, 0.1) is 11.2 Å². The van der Waals surface area contributed by atoms with Crippen molar-refractivity contribution in [3.8, 4) is 51.7 Å². The molecule has 0 aliphatic rings. The number of phenolic OH excluding ortho intramolecular Hbond substituents is 9. The quantitative estimate of drug-likeness (QED) is 0.182. The Hall–Kier alpha value is -3.34. The highest BCUT2D eigenvalue weighted by Crippen LogP contribution is 2.57. The molecule has 175 valence electrons.